The molecule has 1 atom stereocenters. The number of aromatic nitrogens is 4. The lowest BCUT2D eigenvalue weighted by atomic mass is 10.6. The monoisotopic (exact) mass is 190 g/mol. The molecular formula is C5H10N4S2. The van der Waals surface area contributed by atoms with Crippen LogP contribution in [-0.4, -0.2) is 37.9 Å². The fraction of sp³-hybridized carbons (Fsp3) is 0.800. The zero-order valence-corrected chi connectivity index (χ0v) is 8.08. The van der Waals surface area contributed by atoms with Crippen molar-refractivity contribution < 1.29 is 0 Å². The predicted molar refractivity (Wildman–Crippen MR) is 47.9 cm³/mol. The van der Waals surface area contributed by atoms with Gasteiger partial charge in [0.15, 0.2) is 0 Å². The molecule has 62 valence electrons. The number of nitrogens with one attached hydrogen (secondary N) is 1. The van der Waals surface area contributed by atoms with E-state index in [1.165, 1.54) is 0 Å². The molecule has 0 bridgehead atoms. The zero-order valence-electron chi connectivity index (χ0n) is 6.44. The molecule has 1 aromatic heterocycles. The Morgan fingerprint density at radius 2 is 2.45 bits per heavy atom. The average Bonchev–Trinajstić information content (AvgIpc) is 2.52. The Labute approximate surface area is 73.9 Å². The third kappa shape index (κ3) is 3.11. The lowest BCUT2D eigenvalue weighted by Gasteiger charge is -2.03. The molecule has 1 rings (SSSR count). The van der Waals surface area contributed by atoms with Crippen LogP contribution < -0.4 is 0 Å². The highest BCUT2D eigenvalue weighted by molar-refractivity contribution is 8.02. The average molecular weight is 190 g/mol. The number of rotatable bonds is 4. The first kappa shape index (κ1) is 8.86. The summed E-state index contributed by atoms with van der Waals surface area (Å²) in [6, 6.07) is 0. The third-order valence-electron chi connectivity index (χ3n) is 1.18. The van der Waals surface area contributed by atoms with E-state index in [0.29, 0.717) is 5.25 Å². The lowest BCUT2D eigenvalue weighted by Crippen LogP contribution is -1.98. The Balaban J connectivity index is 2.23. The summed E-state index contributed by atoms with van der Waals surface area (Å²) in [7, 11) is 0. The summed E-state index contributed by atoms with van der Waals surface area (Å²) in [5.74, 6) is 1.03. The molecule has 1 N–H and O–H groups in total. The second kappa shape index (κ2) is 4.61. The summed E-state index contributed by atoms with van der Waals surface area (Å²) < 4.78 is 0. The topological polar surface area (TPSA) is 54.5 Å². The molecule has 0 aliphatic carbocycles. The van der Waals surface area contributed by atoms with Crippen LogP contribution in [0.2, 0.25) is 0 Å². The van der Waals surface area contributed by atoms with Crippen molar-refractivity contribution >= 4 is 23.5 Å². The summed E-state index contributed by atoms with van der Waals surface area (Å²) in [5, 5.41) is 14.9. The molecule has 11 heavy (non-hydrogen) atoms. The summed E-state index contributed by atoms with van der Waals surface area (Å²) in [6.45, 7) is 2.18. The molecule has 0 aliphatic rings. The first-order chi connectivity index (χ1) is 5.33. The number of hydrogen-bond acceptors (Lipinski definition) is 5. The van der Waals surface area contributed by atoms with E-state index < -0.39 is 0 Å². The quantitative estimate of drug-likeness (QED) is 0.719. The van der Waals surface area contributed by atoms with E-state index in [0.717, 1.165) is 10.9 Å². The van der Waals surface area contributed by atoms with Gasteiger partial charge in [-0.25, -0.2) is 0 Å². The Morgan fingerprint density at radius 1 is 1.64 bits per heavy atom. The molecule has 1 unspecified atom stereocenters. The molecule has 0 amide bonds. The first-order valence-electron chi connectivity index (χ1n) is 3.22. The SMILES string of the molecule is CSC(C)CSc1nn[nH]n1. The van der Waals surface area contributed by atoms with Gasteiger partial charge in [0, 0.05) is 11.0 Å². The largest absolute Gasteiger partial charge is 0.230 e. The highest BCUT2D eigenvalue weighted by Crippen LogP contribution is 2.17. The minimum Gasteiger partial charge on any atom is -0.176 e. The Hall–Kier alpha value is -0.230. The van der Waals surface area contributed by atoms with Gasteiger partial charge in [-0.1, -0.05) is 18.7 Å². The van der Waals surface area contributed by atoms with Gasteiger partial charge in [-0.3, -0.25) is 0 Å². The van der Waals surface area contributed by atoms with E-state index in [1.54, 1.807) is 11.8 Å². The van der Waals surface area contributed by atoms with Gasteiger partial charge in [0.1, 0.15) is 0 Å². The summed E-state index contributed by atoms with van der Waals surface area (Å²) in [4.78, 5) is 0. The smallest absolute Gasteiger partial charge is 0.176 e. The van der Waals surface area contributed by atoms with Gasteiger partial charge in [-0.05, 0) is 11.5 Å². The Morgan fingerprint density at radius 3 is 3.00 bits per heavy atom. The van der Waals surface area contributed by atoms with Crippen LogP contribution in [0, 0.1) is 0 Å². The minimum atomic E-state index is 0.637. The minimum absolute atomic E-state index is 0.637. The van der Waals surface area contributed by atoms with Crippen LogP contribution in [0.15, 0.2) is 5.16 Å². The second-order valence-electron chi connectivity index (χ2n) is 2.05. The fourth-order valence-electron chi connectivity index (χ4n) is 0.474. The van der Waals surface area contributed by atoms with Crippen molar-refractivity contribution in [3.05, 3.63) is 0 Å². The van der Waals surface area contributed by atoms with Gasteiger partial charge in [0.2, 0.25) is 5.16 Å². The number of tetrazole rings is 1. The summed E-state index contributed by atoms with van der Waals surface area (Å²) in [5.41, 5.74) is 0. The Kier molecular flexibility index (Phi) is 3.71. The summed E-state index contributed by atoms with van der Waals surface area (Å²) in [6.07, 6.45) is 2.10. The fourth-order valence-corrected chi connectivity index (χ4v) is 1.81. The number of thioether (sulfide) groups is 2. The number of aromatic amines is 1. The van der Waals surface area contributed by atoms with Crippen molar-refractivity contribution in [3.63, 3.8) is 0 Å². The second-order valence-corrected chi connectivity index (χ2v) is 4.32. The van der Waals surface area contributed by atoms with Crippen LogP contribution in [0.5, 0.6) is 0 Å². The molecule has 0 spiro atoms. The van der Waals surface area contributed by atoms with Gasteiger partial charge in [-0.15, -0.1) is 10.2 Å². The number of nitrogens with zero attached hydrogens (tertiary/aromatic N) is 3. The van der Waals surface area contributed by atoms with Crippen molar-refractivity contribution in [3.8, 4) is 0 Å². The van der Waals surface area contributed by atoms with Crippen molar-refractivity contribution in [1.82, 2.24) is 20.6 Å². The number of hydrogen-bond donors (Lipinski definition) is 1. The first-order valence-corrected chi connectivity index (χ1v) is 5.49. The maximum absolute atomic E-state index is 3.83. The highest BCUT2D eigenvalue weighted by Gasteiger charge is 2.03. The molecule has 1 heterocycles. The lowest BCUT2D eigenvalue weighted by molar-refractivity contribution is 0.881. The van der Waals surface area contributed by atoms with Gasteiger partial charge < -0.3 is 0 Å². The zero-order chi connectivity index (χ0) is 8.10. The van der Waals surface area contributed by atoms with Gasteiger partial charge in [-0.2, -0.15) is 17.0 Å². The van der Waals surface area contributed by atoms with Crippen molar-refractivity contribution in [2.24, 2.45) is 0 Å². The highest BCUT2D eigenvalue weighted by atomic mass is 32.2. The van der Waals surface area contributed by atoms with Crippen LogP contribution in [0.25, 0.3) is 0 Å². The van der Waals surface area contributed by atoms with Crippen LogP contribution in [0.3, 0.4) is 0 Å². The van der Waals surface area contributed by atoms with E-state index in [1.807, 2.05) is 11.8 Å². The molecule has 1 aromatic rings. The molecule has 4 nitrogen and oxygen atoms in total. The van der Waals surface area contributed by atoms with E-state index >= 15 is 0 Å². The molecule has 0 radical (unpaired) electrons. The van der Waals surface area contributed by atoms with Gasteiger partial charge in [0.05, 0.1) is 0 Å². The molecule has 0 saturated carbocycles. The van der Waals surface area contributed by atoms with Crippen molar-refractivity contribution in [2.45, 2.75) is 17.3 Å². The standard InChI is InChI=1S/C5H10N4S2/c1-4(10-2)3-11-5-6-8-9-7-5/h4H,3H2,1-2H3,(H,6,7,8,9). The number of H-pyrrole nitrogens is 1. The summed E-state index contributed by atoms with van der Waals surface area (Å²) >= 11 is 3.46. The normalized spacial score (nSPS) is 13.3. The van der Waals surface area contributed by atoms with Crippen LogP contribution in [0.1, 0.15) is 6.92 Å². The van der Waals surface area contributed by atoms with Gasteiger partial charge >= 0.3 is 0 Å². The van der Waals surface area contributed by atoms with E-state index in [9.17, 15) is 0 Å². The van der Waals surface area contributed by atoms with E-state index in [-0.39, 0.29) is 0 Å². The molecule has 0 aromatic carbocycles. The van der Waals surface area contributed by atoms with Gasteiger partial charge in [0.25, 0.3) is 0 Å². The molecule has 0 saturated heterocycles. The maximum atomic E-state index is 3.83. The molecule has 0 aliphatic heterocycles. The molecule has 6 heteroatoms. The molecular weight excluding hydrogens is 180 g/mol. The van der Waals surface area contributed by atoms with Crippen LogP contribution in [0.4, 0.5) is 0 Å². The maximum Gasteiger partial charge on any atom is 0.230 e. The Bertz CT molecular complexity index is 188. The predicted octanol–water partition coefficient (Wildman–Crippen LogP) is 1.04. The van der Waals surface area contributed by atoms with E-state index in [4.69, 9.17) is 0 Å². The van der Waals surface area contributed by atoms with Crippen LogP contribution >= 0.6 is 23.5 Å². The van der Waals surface area contributed by atoms with Crippen LogP contribution in [-0.2, 0) is 0 Å². The third-order valence-corrected chi connectivity index (χ3v) is 3.46. The van der Waals surface area contributed by atoms with E-state index in [2.05, 4.69) is 33.8 Å². The van der Waals surface area contributed by atoms with Crippen molar-refractivity contribution in [2.75, 3.05) is 12.0 Å². The molecule has 0 fully saturated rings. The van der Waals surface area contributed by atoms with Crippen molar-refractivity contribution in [1.29, 1.82) is 0 Å².